The molecule has 3 rings (SSSR count). The van der Waals surface area contributed by atoms with E-state index in [0.717, 1.165) is 38.4 Å². The van der Waals surface area contributed by atoms with Gasteiger partial charge in [-0.25, -0.2) is 0 Å². The highest BCUT2D eigenvalue weighted by molar-refractivity contribution is 5.76. The minimum atomic E-state index is -0.104. The van der Waals surface area contributed by atoms with E-state index >= 15 is 0 Å². The maximum absolute atomic E-state index is 12.5. The Labute approximate surface area is 144 Å². The van der Waals surface area contributed by atoms with Crippen molar-refractivity contribution in [2.45, 2.75) is 52.4 Å². The molecule has 1 amide bonds. The fraction of sp³-hybridized carbons (Fsp3) is 0.833. The second-order valence-electron chi connectivity index (χ2n) is 8.94. The predicted octanol–water partition coefficient (Wildman–Crippen LogP) is 2.10. The SMILES string of the molecule is CN1C[C@@H]2CN(C(=O)CCCc3nc(C(C)(C)C)no3)C[C@]2(C)C1. The largest absolute Gasteiger partial charge is 0.342 e. The second kappa shape index (κ2) is 6.14. The average Bonchev–Trinajstić information content (AvgIpc) is 3.09. The molecule has 134 valence electrons. The van der Waals surface area contributed by atoms with Gasteiger partial charge in [-0.1, -0.05) is 32.9 Å². The lowest BCUT2D eigenvalue weighted by Crippen LogP contribution is -2.34. The maximum Gasteiger partial charge on any atom is 0.226 e. The Bertz CT molecular complexity index is 606. The Morgan fingerprint density at radius 2 is 2.08 bits per heavy atom. The molecule has 2 fully saturated rings. The van der Waals surface area contributed by atoms with Gasteiger partial charge >= 0.3 is 0 Å². The zero-order chi connectivity index (χ0) is 17.5. The standard InChI is InChI=1S/C18H30N4O2/c1-17(2,3)16-19-14(24-20-16)7-6-8-15(23)22-10-13-9-21(5)11-18(13,4)12-22/h13H,6-12H2,1-5H3/t13-,18+/m1/s1. The van der Waals surface area contributed by atoms with Crippen molar-refractivity contribution in [1.82, 2.24) is 19.9 Å². The van der Waals surface area contributed by atoms with Crippen LogP contribution >= 0.6 is 0 Å². The van der Waals surface area contributed by atoms with Crippen molar-refractivity contribution < 1.29 is 9.32 Å². The number of fused-ring (bicyclic) bond motifs is 1. The van der Waals surface area contributed by atoms with E-state index in [1.807, 2.05) is 0 Å². The van der Waals surface area contributed by atoms with Crippen LogP contribution in [0.1, 0.15) is 52.3 Å². The topological polar surface area (TPSA) is 62.5 Å². The third-order valence-electron chi connectivity index (χ3n) is 5.41. The van der Waals surface area contributed by atoms with Crippen LogP contribution in [0.25, 0.3) is 0 Å². The van der Waals surface area contributed by atoms with Gasteiger partial charge in [0.15, 0.2) is 5.82 Å². The summed E-state index contributed by atoms with van der Waals surface area (Å²) in [6.45, 7) is 12.5. The summed E-state index contributed by atoms with van der Waals surface area (Å²) in [6.07, 6.45) is 2.00. The molecular formula is C18H30N4O2. The molecule has 2 aliphatic heterocycles. The molecule has 1 aromatic rings. The van der Waals surface area contributed by atoms with Crippen molar-refractivity contribution in [1.29, 1.82) is 0 Å². The molecule has 0 unspecified atom stereocenters. The third-order valence-corrected chi connectivity index (χ3v) is 5.41. The van der Waals surface area contributed by atoms with Crippen LogP contribution in [0, 0.1) is 11.3 Å². The lowest BCUT2D eigenvalue weighted by Gasteiger charge is -2.24. The van der Waals surface area contributed by atoms with Gasteiger partial charge in [0.1, 0.15) is 0 Å². The number of carbonyl (C=O) groups is 1. The zero-order valence-electron chi connectivity index (χ0n) is 15.6. The molecule has 3 heterocycles. The maximum atomic E-state index is 12.5. The summed E-state index contributed by atoms with van der Waals surface area (Å²) in [5.41, 5.74) is 0.173. The van der Waals surface area contributed by atoms with Crippen LogP contribution in [0.2, 0.25) is 0 Å². The fourth-order valence-electron chi connectivity index (χ4n) is 4.03. The summed E-state index contributed by atoms with van der Waals surface area (Å²) in [4.78, 5) is 21.4. The highest BCUT2D eigenvalue weighted by Gasteiger charge is 2.49. The van der Waals surface area contributed by atoms with Crippen molar-refractivity contribution >= 4 is 5.91 Å². The Morgan fingerprint density at radius 3 is 2.71 bits per heavy atom. The summed E-state index contributed by atoms with van der Waals surface area (Å²) in [5, 5.41) is 4.03. The number of hydrogen-bond acceptors (Lipinski definition) is 5. The number of rotatable bonds is 4. The molecule has 2 aliphatic rings. The molecule has 0 aromatic carbocycles. The Hall–Kier alpha value is -1.43. The lowest BCUT2D eigenvalue weighted by atomic mass is 9.83. The molecule has 0 saturated carbocycles. The van der Waals surface area contributed by atoms with E-state index in [0.29, 0.717) is 24.7 Å². The van der Waals surface area contributed by atoms with Gasteiger partial charge in [-0.2, -0.15) is 4.98 Å². The molecule has 0 radical (unpaired) electrons. The van der Waals surface area contributed by atoms with Crippen LogP contribution in [0.5, 0.6) is 0 Å². The Kier molecular flexibility index (Phi) is 4.45. The third kappa shape index (κ3) is 3.48. The number of hydrogen-bond donors (Lipinski definition) is 0. The van der Waals surface area contributed by atoms with E-state index in [9.17, 15) is 4.79 Å². The van der Waals surface area contributed by atoms with Gasteiger partial charge in [0.2, 0.25) is 11.8 Å². The van der Waals surface area contributed by atoms with Gasteiger partial charge < -0.3 is 14.3 Å². The molecule has 0 N–H and O–H groups in total. The fourth-order valence-corrected chi connectivity index (χ4v) is 4.03. The second-order valence-corrected chi connectivity index (χ2v) is 8.94. The smallest absolute Gasteiger partial charge is 0.226 e. The van der Waals surface area contributed by atoms with E-state index in [1.165, 1.54) is 0 Å². The zero-order valence-corrected chi connectivity index (χ0v) is 15.6. The van der Waals surface area contributed by atoms with Crippen LogP contribution < -0.4 is 0 Å². The number of aryl methyl sites for hydroxylation is 1. The highest BCUT2D eigenvalue weighted by atomic mass is 16.5. The van der Waals surface area contributed by atoms with Crippen LogP contribution in [-0.2, 0) is 16.6 Å². The van der Waals surface area contributed by atoms with Gasteiger partial charge in [0.05, 0.1) is 0 Å². The van der Waals surface area contributed by atoms with E-state index < -0.39 is 0 Å². The van der Waals surface area contributed by atoms with Gasteiger partial charge in [0.25, 0.3) is 0 Å². The van der Waals surface area contributed by atoms with Crippen LogP contribution in [0.4, 0.5) is 0 Å². The first-order valence-corrected chi connectivity index (χ1v) is 8.97. The highest BCUT2D eigenvalue weighted by Crippen LogP contribution is 2.41. The molecule has 0 bridgehead atoms. The number of amides is 1. The van der Waals surface area contributed by atoms with Gasteiger partial charge in [-0.3, -0.25) is 4.79 Å². The summed E-state index contributed by atoms with van der Waals surface area (Å²) in [6, 6.07) is 0. The lowest BCUT2D eigenvalue weighted by molar-refractivity contribution is -0.130. The van der Waals surface area contributed by atoms with Crippen molar-refractivity contribution in [3.05, 3.63) is 11.7 Å². The first kappa shape index (κ1) is 17.4. The quantitative estimate of drug-likeness (QED) is 0.844. The van der Waals surface area contributed by atoms with Gasteiger partial charge in [-0.05, 0) is 19.4 Å². The van der Waals surface area contributed by atoms with Crippen LogP contribution in [-0.4, -0.2) is 59.1 Å². The number of carbonyl (C=O) groups excluding carboxylic acids is 1. The van der Waals surface area contributed by atoms with Crippen LogP contribution in [0.3, 0.4) is 0 Å². The van der Waals surface area contributed by atoms with Crippen LogP contribution in [0.15, 0.2) is 4.52 Å². The monoisotopic (exact) mass is 334 g/mol. The normalized spacial score (nSPS) is 27.7. The summed E-state index contributed by atoms with van der Waals surface area (Å²) in [5.74, 6) is 2.26. The molecular weight excluding hydrogens is 304 g/mol. The number of likely N-dealkylation sites (tertiary alicyclic amines) is 2. The van der Waals surface area contributed by atoms with E-state index in [1.54, 1.807) is 0 Å². The Morgan fingerprint density at radius 1 is 1.33 bits per heavy atom. The average molecular weight is 334 g/mol. The molecule has 2 saturated heterocycles. The molecule has 6 heteroatoms. The molecule has 0 spiro atoms. The van der Waals surface area contributed by atoms with E-state index in [4.69, 9.17) is 4.52 Å². The van der Waals surface area contributed by atoms with Crippen molar-refractivity contribution in [2.75, 3.05) is 33.2 Å². The molecule has 2 atom stereocenters. The van der Waals surface area contributed by atoms with E-state index in [2.05, 4.69) is 54.7 Å². The minimum absolute atomic E-state index is 0.104. The first-order chi connectivity index (χ1) is 11.2. The minimum Gasteiger partial charge on any atom is -0.342 e. The number of aromatic nitrogens is 2. The summed E-state index contributed by atoms with van der Waals surface area (Å²) < 4.78 is 5.30. The van der Waals surface area contributed by atoms with E-state index in [-0.39, 0.29) is 16.7 Å². The molecule has 6 nitrogen and oxygen atoms in total. The first-order valence-electron chi connectivity index (χ1n) is 8.97. The van der Waals surface area contributed by atoms with Crippen molar-refractivity contribution in [3.63, 3.8) is 0 Å². The molecule has 1 aromatic heterocycles. The number of nitrogens with zero attached hydrogens (tertiary/aromatic N) is 4. The van der Waals surface area contributed by atoms with Crippen molar-refractivity contribution in [2.24, 2.45) is 11.3 Å². The van der Waals surface area contributed by atoms with Gasteiger partial charge in [-0.15, -0.1) is 0 Å². The Balaban J connectivity index is 1.46. The summed E-state index contributed by atoms with van der Waals surface area (Å²) in [7, 11) is 2.17. The van der Waals surface area contributed by atoms with Crippen molar-refractivity contribution in [3.8, 4) is 0 Å². The molecule has 0 aliphatic carbocycles. The predicted molar refractivity (Wildman–Crippen MR) is 91.6 cm³/mol. The molecule has 24 heavy (non-hydrogen) atoms. The summed E-state index contributed by atoms with van der Waals surface area (Å²) >= 11 is 0. The van der Waals surface area contributed by atoms with Gasteiger partial charge in [0, 0.05) is 49.9 Å².